The molecular formula is C68H87N10O10S2+. The average Bonchev–Trinajstić information content (AvgIpc) is 1.60. The molecule has 6 heterocycles. The molecule has 3 aromatic heterocycles. The summed E-state index contributed by atoms with van der Waals surface area (Å²) in [5.74, 6) is 0.641. The number of nitrogens with zero attached hydrogens (tertiary/aromatic N) is 7. The summed E-state index contributed by atoms with van der Waals surface area (Å²) < 4.78 is 78.0. The van der Waals surface area contributed by atoms with Crippen LogP contribution in [0.15, 0.2) is 130 Å². The number of methoxy groups -OCH3 is 1. The van der Waals surface area contributed by atoms with Gasteiger partial charge in [0, 0.05) is 135 Å². The fourth-order valence-corrected chi connectivity index (χ4v) is 13.8. The Labute approximate surface area is 529 Å². The van der Waals surface area contributed by atoms with Gasteiger partial charge in [-0.1, -0.05) is 45.4 Å². The summed E-state index contributed by atoms with van der Waals surface area (Å²) in [6.45, 7) is 22.8. The van der Waals surface area contributed by atoms with Crippen LogP contribution in [0.25, 0.3) is 22.0 Å². The summed E-state index contributed by atoms with van der Waals surface area (Å²) in [4.78, 5) is 54.3. The molecule has 9 rings (SSSR count). The van der Waals surface area contributed by atoms with Gasteiger partial charge in [0.2, 0.25) is 11.6 Å². The van der Waals surface area contributed by atoms with E-state index in [9.17, 15) is 40.3 Å². The Kier molecular flexibility index (Phi) is 21.0. The highest BCUT2D eigenvalue weighted by atomic mass is 32.2. The number of unbranched alkanes of at least 4 members (excludes halogenated alkanes) is 3. The number of carbonyl (C=O) groups excluding carboxylic acids is 2. The Balaban J connectivity index is 0.737. The minimum absolute atomic E-state index is 0.0289. The number of piperazine rings is 1. The second kappa shape index (κ2) is 28.3. The number of hydrogen-bond donors (Lipinski definition) is 5. The number of aryl methyl sites for hydroxylation is 2. The highest BCUT2D eigenvalue weighted by Crippen LogP contribution is 2.48. The highest BCUT2D eigenvalue weighted by Gasteiger charge is 2.45. The molecule has 3 aromatic carbocycles. The van der Waals surface area contributed by atoms with E-state index in [0.29, 0.717) is 50.2 Å². The zero-order valence-corrected chi connectivity index (χ0v) is 54.9. The van der Waals surface area contributed by atoms with E-state index in [4.69, 9.17) is 9.72 Å². The first kappa shape index (κ1) is 66.8. The Morgan fingerprint density at radius 2 is 1.54 bits per heavy atom. The second-order valence-corrected chi connectivity index (χ2v) is 27.8. The molecule has 1 saturated heterocycles. The van der Waals surface area contributed by atoms with Crippen LogP contribution in [-0.2, 0) is 53.6 Å². The fraction of sp³-hybridized carbons (Fsp3) is 0.441. The first-order valence-electron chi connectivity index (χ1n) is 31.2. The second-order valence-electron chi connectivity index (χ2n) is 25.0. The maximum Gasteiger partial charge on any atom is 0.294 e. The first-order chi connectivity index (χ1) is 42.8. The Morgan fingerprint density at radius 3 is 2.23 bits per heavy atom. The summed E-state index contributed by atoms with van der Waals surface area (Å²) in [6, 6.07) is 19.4. The lowest BCUT2D eigenvalue weighted by molar-refractivity contribution is -0.438. The van der Waals surface area contributed by atoms with Gasteiger partial charge in [0.1, 0.15) is 12.4 Å². The van der Waals surface area contributed by atoms with Crippen molar-refractivity contribution in [2.75, 3.05) is 75.9 Å². The smallest absolute Gasteiger partial charge is 0.294 e. The van der Waals surface area contributed by atoms with E-state index in [0.717, 1.165) is 144 Å². The van der Waals surface area contributed by atoms with Crippen molar-refractivity contribution in [3.8, 4) is 11.1 Å². The zero-order valence-electron chi connectivity index (χ0n) is 53.3. The molecule has 0 atom stereocenters. The van der Waals surface area contributed by atoms with Gasteiger partial charge in [0.25, 0.3) is 31.7 Å². The van der Waals surface area contributed by atoms with Gasteiger partial charge in [0.05, 0.1) is 39.1 Å². The monoisotopic (exact) mass is 1270 g/mol. The summed E-state index contributed by atoms with van der Waals surface area (Å²) in [5, 5.41) is 11.5. The number of carbonyl (C=O) groups is 2. The van der Waals surface area contributed by atoms with Gasteiger partial charge in [-0.25, -0.2) is 4.98 Å². The average molecular weight is 1270 g/mol. The molecule has 0 aliphatic carbocycles. The molecule has 480 valence electrons. The van der Waals surface area contributed by atoms with Crippen LogP contribution in [0.3, 0.4) is 0 Å². The molecule has 3 aliphatic rings. The highest BCUT2D eigenvalue weighted by molar-refractivity contribution is 7.86. The van der Waals surface area contributed by atoms with Crippen LogP contribution in [0, 0.1) is 6.92 Å². The Bertz CT molecular complexity index is 4060. The lowest BCUT2D eigenvalue weighted by Crippen LogP contribution is -2.47. The standard InChI is InChI=1S/C68H86N10O10S2/c1-10-19-48-38-47(4)73-66(81)54(48)44-71-65(80)53-39-50(40-60-55(53)45-72-78(60)46(2)3)49-23-28-63(70-43-49)75-34-32-74(33-35-75)30-18-16-29-69-64(79)22-15-12-17-31-76-58-26-24-51(89(82,83)84)41-56(58)67(5,6)61(76)20-13-11-14-21-62-68(7,8)57-42-52(90(85,86)87)25-27-59(57)77(62)36-37-88-9/h11,13-14,20-21,23-28,38-43,45-46H,10,12,15-19,22,29-37,44H2,1-9H3,(H4-,69,71,73,79,80,81,82,83,84,85,86,87)/p+1. The number of rotatable bonds is 27. The van der Waals surface area contributed by atoms with E-state index >= 15 is 0 Å². The van der Waals surface area contributed by atoms with Crippen LogP contribution < -0.4 is 26.0 Å². The molecular weight excluding hydrogens is 1180 g/mol. The molecule has 2 amide bonds. The van der Waals surface area contributed by atoms with E-state index in [-0.39, 0.29) is 39.8 Å². The molecule has 0 spiro atoms. The number of allylic oxidation sites excluding steroid dienone is 6. The number of benzene rings is 3. The van der Waals surface area contributed by atoms with Crippen LogP contribution in [0.5, 0.6) is 0 Å². The maximum absolute atomic E-state index is 14.0. The molecule has 0 unspecified atom stereocenters. The van der Waals surface area contributed by atoms with Gasteiger partial charge in [-0.05, 0) is 157 Å². The van der Waals surface area contributed by atoms with Crippen LogP contribution in [0.4, 0.5) is 17.2 Å². The minimum Gasteiger partial charge on any atom is -0.383 e. The van der Waals surface area contributed by atoms with Gasteiger partial charge in [0.15, 0.2) is 5.71 Å². The molecule has 1 fully saturated rings. The van der Waals surface area contributed by atoms with E-state index in [1.807, 2.05) is 94.1 Å². The number of aromatic amines is 1. The summed E-state index contributed by atoms with van der Waals surface area (Å²) in [6.07, 6.45) is 19.5. The zero-order chi connectivity index (χ0) is 64.7. The lowest BCUT2D eigenvalue weighted by Gasteiger charge is -2.35. The van der Waals surface area contributed by atoms with Gasteiger partial charge < -0.3 is 30.2 Å². The number of hydrogen-bond acceptors (Lipinski definition) is 13. The molecule has 0 radical (unpaired) electrons. The topological polar surface area (TPSA) is 252 Å². The van der Waals surface area contributed by atoms with Crippen molar-refractivity contribution in [1.82, 2.24) is 35.3 Å². The molecule has 3 aliphatic heterocycles. The van der Waals surface area contributed by atoms with Crippen molar-refractivity contribution < 1.29 is 44.8 Å². The number of aromatic nitrogens is 4. The van der Waals surface area contributed by atoms with Crippen molar-refractivity contribution >= 4 is 65.9 Å². The third-order valence-corrected chi connectivity index (χ3v) is 19.3. The van der Waals surface area contributed by atoms with Gasteiger partial charge >= 0.3 is 0 Å². The fourth-order valence-electron chi connectivity index (χ4n) is 12.8. The number of nitrogens with one attached hydrogen (secondary N) is 3. The molecule has 0 bridgehead atoms. The van der Waals surface area contributed by atoms with Crippen molar-refractivity contribution in [3.63, 3.8) is 0 Å². The van der Waals surface area contributed by atoms with E-state index in [2.05, 4.69) is 72.9 Å². The predicted octanol–water partition coefficient (Wildman–Crippen LogP) is 10.1. The van der Waals surface area contributed by atoms with Crippen molar-refractivity contribution in [2.45, 2.75) is 140 Å². The van der Waals surface area contributed by atoms with E-state index in [1.54, 1.807) is 31.5 Å². The predicted molar refractivity (Wildman–Crippen MR) is 354 cm³/mol. The largest absolute Gasteiger partial charge is 0.383 e. The molecule has 0 saturated carbocycles. The van der Waals surface area contributed by atoms with Crippen LogP contribution in [0.2, 0.25) is 0 Å². The quantitative estimate of drug-likeness (QED) is 0.0139. The number of amides is 2. The van der Waals surface area contributed by atoms with Gasteiger partial charge in [-0.15, -0.1) is 0 Å². The summed E-state index contributed by atoms with van der Waals surface area (Å²) in [5.41, 5.74) is 9.01. The number of ether oxygens (including phenoxy) is 1. The van der Waals surface area contributed by atoms with Gasteiger partial charge in [-0.3, -0.25) is 33.1 Å². The van der Waals surface area contributed by atoms with Crippen LogP contribution >= 0.6 is 0 Å². The lowest BCUT2D eigenvalue weighted by atomic mass is 9.81. The van der Waals surface area contributed by atoms with Gasteiger partial charge in [-0.2, -0.15) is 26.5 Å². The van der Waals surface area contributed by atoms with E-state index in [1.165, 1.54) is 18.2 Å². The van der Waals surface area contributed by atoms with Crippen molar-refractivity contribution in [3.05, 3.63) is 159 Å². The summed E-state index contributed by atoms with van der Waals surface area (Å²) >= 11 is 0. The molecule has 6 aromatic rings. The van der Waals surface area contributed by atoms with Crippen molar-refractivity contribution in [2.24, 2.45) is 0 Å². The molecule has 90 heavy (non-hydrogen) atoms. The third kappa shape index (κ3) is 15.1. The van der Waals surface area contributed by atoms with Crippen LogP contribution in [-0.4, -0.2) is 139 Å². The van der Waals surface area contributed by atoms with Crippen LogP contribution in [0.1, 0.15) is 138 Å². The minimum atomic E-state index is -4.45. The SMILES string of the molecule is CCCc1cc(C)[nH]c(=O)c1CNC(=O)c1cc(-c2ccc(N3CCN(CCCCNC(=O)CCCCC[N+]4=C(/C=C/C=C/C=C5/N(CCOC)c6ccc(S(=O)(=O)O)cc6C5(C)C)C(C)(C)c5cc(S(=O)(=O)O)ccc54)CC3)nc2)cc2c1cnn2C(C)C. The Morgan fingerprint density at radius 1 is 0.811 bits per heavy atom. The molecule has 5 N–H and O–H groups in total. The first-order valence-corrected chi connectivity index (χ1v) is 34.1. The Hall–Kier alpha value is -7.60. The third-order valence-electron chi connectivity index (χ3n) is 17.6. The summed E-state index contributed by atoms with van der Waals surface area (Å²) in [7, 11) is -7.23. The molecule has 22 heteroatoms. The van der Waals surface area contributed by atoms with Crippen molar-refractivity contribution in [1.29, 1.82) is 0 Å². The molecule has 20 nitrogen and oxygen atoms in total. The number of pyridine rings is 2. The number of H-pyrrole nitrogens is 1. The number of anilines is 2. The van der Waals surface area contributed by atoms with E-state index < -0.39 is 31.1 Å². The number of fused-ring (bicyclic) bond motifs is 3. The normalized spacial score (nSPS) is 16.4. The maximum atomic E-state index is 14.0.